The number of phenolic OH excluding ortho intramolecular Hbond substituents is 1. The van der Waals surface area contributed by atoms with Crippen molar-refractivity contribution in [1.29, 1.82) is 0 Å². The highest BCUT2D eigenvalue weighted by atomic mass is 16.3. The topological polar surface area (TPSA) is 171 Å². The number of amides is 1. The van der Waals surface area contributed by atoms with Crippen molar-refractivity contribution in [2.45, 2.75) is 24.5 Å². The lowest BCUT2D eigenvalue weighted by atomic mass is 9.52. The largest absolute Gasteiger partial charge is 0.506 e. The molecule has 4 unspecified atom stereocenters. The summed E-state index contributed by atoms with van der Waals surface area (Å²) >= 11 is 0. The van der Waals surface area contributed by atoms with Crippen LogP contribution in [0.5, 0.6) is 5.75 Å². The normalized spacial score (nSPS) is 28.8. The molecular formula is C30H30N4O7. The number of hydrogen-bond acceptors (Lipinski definition) is 10. The summed E-state index contributed by atoms with van der Waals surface area (Å²) in [7, 11) is 6.64. The molecule has 3 aliphatic rings. The molecule has 4 N–H and O–H groups in total. The second-order valence-corrected chi connectivity index (χ2v) is 11.3. The van der Waals surface area contributed by atoms with Gasteiger partial charge in [-0.15, -0.1) is 0 Å². The summed E-state index contributed by atoms with van der Waals surface area (Å²) in [5, 5.41) is 23.0. The fourth-order valence-electron chi connectivity index (χ4n) is 6.72. The number of primary amides is 1. The first-order valence-electron chi connectivity index (χ1n) is 13.1. The lowest BCUT2D eigenvalue weighted by Crippen LogP contribution is -2.74. The number of anilines is 1. The molecular weight excluding hydrogens is 528 g/mol. The van der Waals surface area contributed by atoms with Gasteiger partial charge in [-0.1, -0.05) is 11.8 Å². The number of aliphatic hydroxyl groups is 1. The van der Waals surface area contributed by atoms with Crippen molar-refractivity contribution in [2.24, 2.45) is 29.4 Å². The maximum atomic E-state index is 14.1. The minimum Gasteiger partial charge on any atom is -0.506 e. The quantitative estimate of drug-likeness (QED) is 0.336. The highest BCUT2D eigenvalue weighted by molar-refractivity contribution is 6.32. The smallest absolute Gasteiger partial charge is 0.235 e. The Morgan fingerprint density at radius 2 is 1.83 bits per heavy atom. The molecule has 41 heavy (non-hydrogen) atoms. The van der Waals surface area contributed by atoms with Gasteiger partial charge in [0.05, 0.1) is 23.1 Å². The molecule has 5 rings (SSSR count). The minimum absolute atomic E-state index is 0.0138. The van der Waals surface area contributed by atoms with E-state index in [9.17, 15) is 34.2 Å². The Kier molecular flexibility index (Phi) is 6.80. The molecule has 0 radical (unpaired) electrons. The first-order chi connectivity index (χ1) is 19.3. The zero-order chi connectivity index (χ0) is 30.0. The van der Waals surface area contributed by atoms with Crippen LogP contribution in [-0.4, -0.2) is 89.0 Å². The maximum absolute atomic E-state index is 14.1. The molecule has 0 bridgehead atoms. The molecule has 6 atom stereocenters. The van der Waals surface area contributed by atoms with Crippen LogP contribution in [-0.2, 0) is 25.6 Å². The van der Waals surface area contributed by atoms with Crippen LogP contribution >= 0.6 is 0 Å². The van der Waals surface area contributed by atoms with Crippen molar-refractivity contribution in [2.75, 3.05) is 33.1 Å². The summed E-state index contributed by atoms with van der Waals surface area (Å²) < 4.78 is 0. The molecule has 0 saturated heterocycles. The van der Waals surface area contributed by atoms with Gasteiger partial charge in [-0.05, 0) is 56.6 Å². The third-order valence-electron chi connectivity index (χ3n) is 8.52. The van der Waals surface area contributed by atoms with E-state index in [1.54, 1.807) is 63.7 Å². The van der Waals surface area contributed by atoms with Crippen molar-refractivity contribution in [3.8, 4) is 17.6 Å². The minimum atomic E-state index is -2.77. The molecule has 0 aliphatic heterocycles. The Bertz CT molecular complexity index is 1570. The fraction of sp³-hybridized carbons (Fsp3) is 0.400. The van der Waals surface area contributed by atoms with Gasteiger partial charge < -0.3 is 20.8 Å². The molecule has 1 aromatic heterocycles. The lowest BCUT2D eigenvalue weighted by Gasteiger charge is -2.52. The van der Waals surface area contributed by atoms with E-state index in [1.165, 1.54) is 4.90 Å². The second kappa shape index (κ2) is 9.90. The molecule has 1 amide bonds. The van der Waals surface area contributed by atoms with Crippen molar-refractivity contribution in [3.05, 3.63) is 52.8 Å². The molecule has 11 nitrogen and oxygen atoms in total. The number of carbonyl (C=O) groups is 5. The first kappa shape index (κ1) is 28.1. The molecule has 1 heterocycles. The summed E-state index contributed by atoms with van der Waals surface area (Å²) in [6.07, 6.45) is 3.30. The number of ketones is 4. The highest BCUT2D eigenvalue weighted by Crippen LogP contribution is 2.52. The number of Topliss-reactive ketones (excluding diaryl/α,β-unsaturated/α-hetero) is 4. The molecule has 212 valence electrons. The predicted molar refractivity (Wildman–Crippen MR) is 146 cm³/mol. The second-order valence-electron chi connectivity index (χ2n) is 11.3. The third kappa shape index (κ3) is 4.13. The molecule has 3 aliphatic carbocycles. The number of fused-ring (bicyclic) bond motifs is 3. The summed E-state index contributed by atoms with van der Waals surface area (Å²) in [6, 6.07) is 3.97. The Morgan fingerprint density at radius 3 is 2.41 bits per heavy atom. The van der Waals surface area contributed by atoms with Gasteiger partial charge in [-0.25, -0.2) is 0 Å². The monoisotopic (exact) mass is 558 g/mol. The summed E-state index contributed by atoms with van der Waals surface area (Å²) in [5.41, 5.74) is 4.36. The van der Waals surface area contributed by atoms with Crippen LogP contribution in [0.15, 0.2) is 30.6 Å². The third-order valence-corrected chi connectivity index (χ3v) is 8.52. The van der Waals surface area contributed by atoms with E-state index in [0.29, 0.717) is 16.8 Å². The number of benzene rings is 1. The van der Waals surface area contributed by atoms with Gasteiger partial charge in [0.1, 0.15) is 5.75 Å². The van der Waals surface area contributed by atoms with Gasteiger partial charge in [0.2, 0.25) is 5.91 Å². The van der Waals surface area contributed by atoms with Gasteiger partial charge in [-0.3, -0.25) is 33.9 Å². The highest BCUT2D eigenvalue weighted by Gasteiger charge is 2.69. The average Bonchev–Trinajstić information content (AvgIpc) is 2.90. The van der Waals surface area contributed by atoms with Crippen molar-refractivity contribution in [3.63, 3.8) is 0 Å². The predicted octanol–water partition coefficient (Wildman–Crippen LogP) is -0.272. The van der Waals surface area contributed by atoms with E-state index in [0.717, 1.165) is 0 Å². The van der Waals surface area contributed by atoms with E-state index in [1.807, 2.05) is 0 Å². The number of nitrogens with zero attached hydrogens (tertiary/aromatic N) is 3. The fourth-order valence-corrected chi connectivity index (χ4v) is 6.72. The zero-order valence-corrected chi connectivity index (χ0v) is 23.0. The lowest BCUT2D eigenvalue weighted by molar-refractivity contribution is -0.181. The van der Waals surface area contributed by atoms with Gasteiger partial charge in [0, 0.05) is 43.7 Å². The van der Waals surface area contributed by atoms with E-state index < -0.39 is 70.1 Å². The van der Waals surface area contributed by atoms with E-state index >= 15 is 0 Å². The van der Waals surface area contributed by atoms with Crippen LogP contribution in [0, 0.1) is 35.5 Å². The van der Waals surface area contributed by atoms with Gasteiger partial charge in [0.25, 0.3) is 0 Å². The molecule has 2 aromatic rings. The molecule has 2 saturated carbocycles. The standard InChI is InChI=1S/C30H30N4O7/c1-33(2)19-12-15(8-7-14-6-5-9-32-13-14)24(35)21-17(19)10-16-11-18-23(34(3)4)26(37)22(29(31)40)28(39)30(18,41)27(38)20(16)25(21)36/h5-6,9,12-13,16,18,20,22-23,35,41H,10-11H2,1-4H3,(H2,31,40)/t16?,18?,20?,22?,23-,30-/m0/s1. The van der Waals surface area contributed by atoms with Gasteiger partial charge in [0.15, 0.2) is 34.7 Å². The Balaban J connectivity index is 1.65. The molecule has 0 spiro atoms. The Hall–Kier alpha value is -4.40. The van der Waals surface area contributed by atoms with Crippen LogP contribution in [0.3, 0.4) is 0 Å². The number of carbonyl (C=O) groups excluding carboxylic acids is 5. The van der Waals surface area contributed by atoms with Crippen molar-refractivity contribution >= 4 is 34.7 Å². The van der Waals surface area contributed by atoms with Crippen LogP contribution in [0.25, 0.3) is 0 Å². The summed E-state index contributed by atoms with van der Waals surface area (Å²) in [5.74, 6) is -5.12. The zero-order valence-electron chi connectivity index (χ0n) is 23.0. The van der Waals surface area contributed by atoms with Crippen molar-refractivity contribution < 1.29 is 34.2 Å². The Labute approximate surface area is 236 Å². The van der Waals surface area contributed by atoms with Crippen LogP contribution in [0.1, 0.15) is 33.5 Å². The number of likely N-dealkylation sites (N-methyl/N-ethyl adjacent to an activating group) is 1. The van der Waals surface area contributed by atoms with E-state index in [4.69, 9.17) is 5.73 Å². The summed E-state index contributed by atoms with van der Waals surface area (Å²) in [4.78, 5) is 74.1. The van der Waals surface area contributed by atoms with Crippen molar-refractivity contribution in [1.82, 2.24) is 9.88 Å². The molecule has 1 aromatic carbocycles. The van der Waals surface area contributed by atoms with Gasteiger partial charge >= 0.3 is 0 Å². The number of rotatable bonds is 3. The van der Waals surface area contributed by atoms with Crippen LogP contribution < -0.4 is 10.6 Å². The Morgan fingerprint density at radius 1 is 1.12 bits per heavy atom. The molecule has 2 fully saturated rings. The average molecular weight is 559 g/mol. The number of pyridine rings is 1. The number of aromatic nitrogens is 1. The number of aromatic hydroxyl groups is 1. The van der Waals surface area contributed by atoms with Crippen LogP contribution in [0.4, 0.5) is 5.69 Å². The maximum Gasteiger partial charge on any atom is 0.235 e. The van der Waals surface area contributed by atoms with Crippen LogP contribution in [0.2, 0.25) is 0 Å². The molecule has 11 heteroatoms. The number of hydrogen-bond donors (Lipinski definition) is 3. The number of nitrogens with two attached hydrogens (primary N) is 1. The summed E-state index contributed by atoms with van der Waals surface area (Å²) in [6.45, 7) is 0. The van der Waals surface area contributed by atoms with E-state index in [2.05, 4.69) is 16.8 Å². The first-order valence-corrected chi connectivity index (χ1v) is 13.1. The van der Waals surface area contributed by atoms with Gasteiger partial charge in [-0.2, -0.15) is 0 Å². The number of phenols is 1. The van der Waals surface area contributed by atoms with E-state index in [-0.39, 0.29) is 24.0 Å². The SMILES string of the molecule is CN(C)c1cc(C#Cc2cccnc2)c(O)c2c1CC1CC3[C@H](N(C)C)C(=O)C(C(N)=O)C(=O)[C@@]3(O)C(=O)C1C2=O.